The lowest BCUT2D eigenvalue weighted by molar-refractivity contribution is 0.106. The molecule has 0 fully saturated rings. The molecule has 0 aromatic heterocycles. The van der Waals surface area contributed by atoms with E-state index in [0.717, 1.165) is 13.0 Å². The summed E-state index contributed by atoms with van der Waals surface area (Å²) < 4.78 is 5.47. The van der Waals surface area contributed by atoms with Gasteiger partial charge in [-0.3, -0.25) is 0 Å². The minimum atomic E-state index is -0.527. The Labute approximate surface area is 124 Å². The number of hydrogen-bond donors (Lipinski definition) is 2. The third-order valence-electron chi connectivity index (χ3n) is 2.78. The summed E-state index contributed by atoms with van der Waals surface area (Å²) in [6.07, 6.45) is 2.68. The van der Waals surface area contributed by atoms with Gasteiger partial charge in [0.15, 0.2) is 0 Å². The van der Waals surface area contributed by atoms with Gasteiger partial charge < -0.3 is 15.2 Å². The maximum atomic E-state index is 9.79. The number of rotatable bonds is 9. The monoisotopic (exact) mass is 303 g/mol. The van der Waals surface area contributed by atoms with Crippen LogP contribution in [0.15, 0.2) is 24.3 Å². The highest BCUT2D eigenvalue weighted by Crippen LogP contribution is 2.22. The fourth-order valence-corrected chi connectivity index (χ4v) is 2.04. The van der Waals surface area contributed by atoms with Crippen LogP contribution < -0.4 is 10.1 Å². The molecular weight excluding hydrogens is 282 g/mol. The van der Waals surface area contributed by atoms with E-state index in [4.69, 9.17) is 16.3 Å². The molecular formula is C14H22ClNO2S. The molecule has 0 bridgehead atoms. The van der Waals surface area contributed by atoms with Gasteiger partial charge >= 0.3 is 0 Å². The molecule has 0 spiro atoms. The molecule has 0 aliphatic carbocycles. The van der Waals surface area contributed by atoms with Crippen molar-refractivity contribution < 1.29 is 9.84 Å². The highest BCUT2D eigenvalue weighted by Gasteiger charge is 2.07. The van der Waals surface area contributed by atoms with E-state index < -0.39 is 6.10 Å². The van der Waals surface area contributed by atoms with Crippen molar-refractivity contribution >= 4 is 23.4 Å². The lowest BCUT2D eigenvalue weighted by atomic mass is 10.3. The number of benzene rings is 1. The Morgan fingerprint density at radius 2 is 2.16 bits per heavy atom. The number of thioether (sulfide) groups is 1. The number of aliphatic hydroxyl groups excluding tert-OH is 1. The van der Waals surface area contributed by atoms with Crippen molar-refractivity contribution in [2.24, 2.45) is 0 Å². The average molecular weight is 304 g/mol. The molecule has 0 aliphatic rings. The van der Waals surface area contributed by atoms with Crippen LogP contribution in [-0.2, 0) is 0 Å². The van der Waals surface area contributed by atoms with Gasteiger partial charge in [-0.2, -0.15) is 11.8 Å². The van der Waals surface area contributed by atoms with Crippen LogP contribution in [0, 0.1) is 0 Å². The molecule has 2 N–H and O–H groups in total. The van der Waals surface area contributed by atoms with E-state index in [1.807, 2.05) is 23.9 Å². The summed E-state index contributed by atoms with van der Waals surface area (Å²) in [7, 11) is 0. The van der Waals surface area contributed by atoms with Crippen molar-refractivity contribution in [2.75, 3.05) is 26.0 Å². The van der Waals surface area contributed by atoms with E-state index in [-0.39, 0.29) is 6.61 Å². The first kappa shape index (κ1) is 16.6. The molecule has 0 heterocycles. The largest absolute Gasteiger partial charge is 0.489 e. The zero-order valence-electron chi connectivity index (χ0n) is 11.4. The van der Waals surface area contributed by atoms with Crippen molar-refractivity contribution in [3.05, 3.63) is 29.3 Å². The van der Waals surface area contributed by atoms with Crippen molar-refractivity contribution in [3.63, 3.8) is 0 Å². The van der Waals surface area contributed by atoms with Gasteiger partial charge in [-0.1, -0.05) is 30.7 Å². The third kappa shape index (κ3) is 7.06. The molecule has 2 atom stereocenters. The number of nitrogens with one attached hydrogen (secondary N) is 1. The van der Waals surface area contributed by atoms with Gasteiger partial charge in [0, 0.05) is 11.8 Å². The predicted octanol–water partition coefficient (Wildman–Crippen LogP) is 2.81. The Morgan fingerprint density at radius 1 is 1.42 bits per heavy atom. The second kappa shape index (κ2) is 9.48. The first-order chi connectivity index (χ1) is 9.13. The molecule has 0 aliphatic heterocycles. The number of halogens is 1. The Balaban J connectivity index is 2.14. The fraction of sp³-hybridized carbons (Fsp3) is 0.571. The molecule has 0 amide bonds. The van der Waals surface area contributed by atoms with Gasteiger partial charge in [0.05, 0.1) is 5.02 Å². The molecule has 1 rings (SSSR count). The van der Waals surface area contributed by atoms with Gasteiger partial charge in [-0.05, 0) is 31.4 Å². The van der Waals surface area contributed by atoms with E-state index in [2.05, 4.69) is 18.5 Å². The van der Waals surface area contributed by atoms with Gasteiger partial charge in [0.25, 0.3) is 0 Å². The highest BCUT2D eigenvalue weighted by molar-refractivity contribution is 7.99. The minimum Gasteiger partial charge on any atom is -0.489 e. The molecule has 0 saturated carbocycles. The number of ether oxygens (including phenoxy) is 1. The van der Waals surface area contributed by atoms with Crippen molar-refractivity contribution in [3.8, 4) is 5.75 Å². The van der Waals surface area contributed by atoms with Crippen molar-refractivity contribution in [1.29, 1.82) is 0 Å². The van der Waals surface area contributed by atoms with Gasteiger partial charge in [0.2, 0.25) is 0 Å². The van der Waals surface area contributed by atoms with Crippen LogP contribution in [0.5, 0.6) is 5.75 Å². The van der Waals surface area contributed by atoms with Crippen LogP contribution in [0.4, 0.5) is 0 Å². The van der Waals surface area contributed by atoms with E-state index in [9.17, 15) is 5.11 Å². The smallest absolute Gasteiger partial charge is 0.138 e. The topological polar surface area (TPSA) is 41.5 Å². The summed E-state index contributed by atoms with van der Waals surface area (Å²) in [6.45, 7) is 3.88. The normalized spacial score (nSPS) is 14.1. The maximum absolute atomic E-state index is 9.79. The van der Waals surface area contributed by atoms with E-state index in [1.54, 1.807) is 12.1 Å². The quantitative estimate of drug-likeness (QED) is 0.688. The van der Waals surface area contributed by atoms with Crippen molar-refractivity contribution in [1.82, 2.24) is 5.32 Å². The first-order valence-corrected chi connectivity index (χ1v) is 8.09. The van der Waals surface area contributed by atoms with Gasteiger partial charge in [0.1, 0.15) is 18.5 Å². The lowest BCUT2D eigenvalue weighted by Crippen LogP contribution is -2.32. The second-order valence-electron chi connectivity index (χ2n) is 4.43. The molecule has 108 valence electrons. The summed E-state index contributed by atoms with van der Waals surface area (Å²) >= 11 is 7.81. The van der Waals surface area contributed by atoms with Crippen LogP contribution in [0.1, 0.15) is 13.3 Å². The summed E-state index contributed by atoms with van der Waals surface area (Å²) in [5.41, 5.74) is 0. The van der Waals surface area contributed by atoms with Crippen LogP contribution in [-0.4, -0.2) is 42.4 Å². The molecule has 0 saturated heterocycles. The van der Waals surface area contributed by atoms with E-state index >= 15 is 0 Å². The second-order valence-corrected chi connectivity index (χ2v) is 6.12. The van der Waals surface area contributed by atoms with Gasteiger partial charge in [-0.15, -0.1) is 0 Å². The van der Waals surface area contributed by atoms with E-state index in [1.165, 1.54) is 0 Å². The zero-order valence-corrected chi connectivity index (χ0v) is 13.0. The molecule has 0 radical (unpaired) electrons. The summed E-state index contributed by atoms with van der Waals surface area (Å²) in [5.74, 6) is 0.610. The summed E-state index contributed by atoms with van der Waals surface area (Å²) in [5, 5.41) is 14.2. The maximum Gasteiger partial charge on any atom is 0.138 e. The van der Waals surface area contributed by atoms with Crippen LogP contribution in [0.25, 0.3) is 0 Å². The lowest BCUT2D eigenvalue weighted by Gasteiger charge is -2.14. The highest BCUT2D eigenvalue weighted by atomic mass is 35.5. The minimum absolute atomic E-state index is 0.245. The summed E-state index contributed by atoms with van der Waals surface area (Å²) in [6, 6.07) is 7.27. The summed E-state index contributed by atoms with van der Waals surface area (Å²) in [4.78, 5) is 0. The Hall–Kier alpha value is -0.420. The first-order valence-electron chi connectivity index (χ1n) is 6.42. The van der Waals surface area contributed by atoms with Crippen LogP contribution in [0.3, 0.4) is 0 Å². The van der Waals surface area contributed by atoms with Crippen molar-refractivity contribution in [2.45, 2.75) is 24.7 Å². The Bertz CT molecular complexity index is 365. The number of hydrogen-bond acceptors (Lipinski definition) is 4. The van der Waals surface area contributed by atoms with Crippen LogP contribution in [0.2, 0.25) is 5.02 Å². The third-order valence-corrected chi connectivity index (χ3v) is 4.13. The molecule has 1 aromatic carbocycles. The molecule has 5 heteroatoms. The molecule has 2 unspecified atom stereocenters. The SMILES string of the molecule is CSC(C)CCNCC(O)COc1ccccc1Cl. The Kier molecular flexibility index (Phi) is 8.30. The zero-order chi connectivity index (χ0) is 14.1. The fourth-order valence-electron chi connectivity index (χ4n) is 1.50. The van der Waals surface area contributed by atoms with Gasteiger partial charge in [-0.25, -0.2) is 0 Å². The molecule has 19 heavy (non-hydrogen) atoms. The Morgan fingerprint density at radius 3 is 2.84 bits per heavy atom. The predicted molar refractivity (Wildman–Crippen MR) is 83.4 cm³/mol. The molecule has 1 aromatic rings. The number of aliphatic hydroxyl groups is 1. The molecule has 3 nitrogen and oxygen atoms in total. The number of para-hydroxylation sites is 1. The standard InChI is InChI=1S/C14H22ClNO2S/c1-11(19-2)7-8-16-9-12(17)10-18-14-6-4-3-5-13(14)15/h3-6,11-12,16-17H,7-10H2,1-2H3. The van der Waals surface area contributed by atoms with Crippen LogP contribution >= 0.6 is 23.4 Å². The van der Waals surface area contributed by atoms with E-state index in [0.29, 0.717) is 22.6 Å². The average Bonchev–Trinajstić information content (AvgIpc) is 2.42.